The number of nitrogens with zero attached hydrogens (tertiary/aromatic N) is 2. The number of fused-ring (bicyclic) bond motifs is 1. The summed E-state index contributed by atoms with van der Waals surface area (Å²) in [6.07, 6.45) is -0.972. The van der Waals surface area contributed by atoms with Crippen LogP contribution in [0.5, 0.6) is 0 Å². The molecule has 0 bridgehead atoms. The van der Waals surface area contributed by atoms with Crippen molar-refractivity contribution in [3.05, 3.63) is 69.9 Å². The number of hydrogen-bond acceptors (Lipinski definition) is 5. The summed E-state index contributed by atoms with van der Waals surface area (Å²) in [5, 5.41) is 30.8. The topological polar surface area (TPSA) is 121 Å². The van der Waals surface area contributed by atoms with Gasteiger partial charge >= 0.3 is 0 Å². The normalized spacial score (nSPS) is 12.0. The summed E-state index contributed by atoms with van der Waals surface area (Å²) in [6.45, 7) is -0.0299. The van der Waals surface area contributed by atoms with Crippen molar-refractivity contribution in [2.24, 2.45) is 0 Å². The van der Waals surface area contributed by atoms with Crippen molar-refractivity contribution in [2.45, 2.75) is 6.10 Å². The fourth-order valence-electron chi connectivity index (χ4n) is 2.35. The molecule has 0 aliphatic rings. The van der Waals surface area contributed by atoms with Crippen LogP contribution >= 0.6 is 0 Å². The number of non-ortho nitro benzene ring substituents is 1. The lowest BCUT2D eigenvalue weighted by atomic mass is 10.1. The van der Waals surface area contributed by atoms with Crippen LogP contribution < -0.4 is 5.32 Å². The minimum atomic E-state index is -0.972. The molecule has 1 aromatic heterocycles. The van der Waals surface area contributed by atoms with Gasteiger partial charge in [0.15, 0.2) is 5.69 Å². The third kappa shape index (κ3) is 3.08. The highest BCUT2D eigenvalue weighted by Crippen LogP contribution is 2.18. The van der Waals surface area contributed by atoms with Gasteiger partial charge in [-0.05, 0) is 23.8 Å². The van der Waals surface area contributed by atoms with E-state index in [9.17, 15) is 20.0 Å². The smallest absolute Gasteiger partial charge is 0.272 e. The van der Waals surface area contributed by atoms with Gasteiger partial charge in [0.25, 0.3) is 11.6 Å². The van der Waals surface area contributed by atoms with Crippen LogP contribution in [0.2, 0.25) is 0 Å². The van der Waals surface area contributed by atoms with Gasteiger partial charge in [0.2, 0.25) is 0 Å². The maximum absolute atomic E-state index is 12.2. The summed E-state index contributed by atoms with van der Waals surface area (Å²) in [6, 6.07) is 12.8. The number of carbonyl (C=O) groups excluding carboxylic acids is 1. The first-order chi connectivity index (χ1) is 11.6. The van der Waals surface area contributed by atoms with E-state index in [1.54, 1.807) is 12.1 Å². The Kier molecular flexibility index (Phi) is 4.21. The molecule has 0 aliphatic heterocycles. The number of nitro groups is 1. The summed E-state index contributed by atoms with van der Waals surface area (Å²) >= 11 is 0. The van der Waals surface area contributed by atoms with Gasteiger partial charge in [-0.3, -0.25) is 20.0 Å². The monoisotopic (exact) mass is 326 g/mol. The van der Waals surface area contributed by atoms with Gasteiger partial charge in [0.05, 0.1) is 16.5 Å². The first-order valence-electron chi connectivity index (χ1n) is 7.20. The van der Waals surface area contributed by atoms with Crippen molar-refractivity contribution < 1.29 is 14.8 Å². The fraction of sp³-hybridized carbons (Fsp3) is 0.125. The maximum atomic E-state index is 12.2. The van der Waals surface area contributed by atoms with Crippen LogP contribution in [0.25, 0.3) is 10.9 Å². The lowest BCUT2D eigenvalue weighted by molar-refractivity contribution is -0.384. The van der Waals surface area contributed by atoms with Crippen LogP contribution in [0.15, 0.2) is 48.5 Å². The molecule has 0 aliphatic carbocycles. The second-order valence-electron chi connectivity index (χ2n) is 5.19. The number of carbonyl (C=O) groups is 1. The Balaban J connectivity index is 1.66. The maximum Gasteiger partial charge on any atom is 0.272 e. The van der Waals surface area contributed by atoms with Gasteiger partial charge in [-0.15, -0.1) is 0 Å². The Morgan fingerprint density at radius 2 is 1.96 bits per heavy atom. The Morgan fingerprint density at radius 3 is 2.67 bits per heavy atom. The van der Waals surface area contributed by atoms with Gasteiger partial charge in [0.1, 0.15) is 0 Å². The molecule has 1 heterocycles. The largest absolute Gasteiger partial charge is 0.387 e. The number of aliphatic hydroxyl groups is 1. The van der Waals surface area contributed by atoms with Crippen molar-refractivity contribution >= 4 is 22.5 Å². The summed E-state index contributed by atoms with van der Waals surface area (Å²) in [7, 11) is 0. The van der Waals surface area contributed by atoms with Gasteiger partial charge in [-0.1, -0.05) is 18.2 Å². The van der Waals surface area contributed by atoms with Crippen LogP contribution in [0, 0.1) is 10.1 Å². The predicted molar refractivity (Wildman–Crippen MR) is 86.5 cm³/mol. The summed E-state index contributed by atoms with van der Waals surface area (Å²) < 4.78 is 0. The first-order valence-corrected chi connectivity index (χ1v) is 7.20. The van der Waals surface area contributed by atoms with Crippen molar-refractivity contribution in [3.8, 4) is 0 Å². The molecular formula is C16H14N4O4. The zero-order chi connectivity index (χ0) is 17.1. The molecule has 0 fully saturated rings. The lowest BCUT2D eigenvalue weighted by Crippen LogP contribution is -2.28. The fourth-order valence-corrected chi connectivity index (χ4v) is 2.35. The number of rotatable bonds is 5. The molecule has 8 nitrogen and oxygen atoms in total. The number of hydrogen-bond donors (Lipinski definition) is 3. The van der Waals surface area contributed by atoms with Crippen molar-refractivity contribution in [2.75, 3.05) is 6.54 Å². The van der Waals surface area contributed by atoms with E-state index in [-0.39, 0.29) is 17.9 Å². The Bertz CT molecular complexity index is 888. The standard InChI is InChI=1S/C16H14N4O4/c21-14(10-5-7-11(8-6-10)20(23)24)9-17-16(22)15-12-3-1-2-4-13(12)18-19-15/h1-8,14,21H,9H2,(H,17,22)(H,18,19)/t14-/m0/s1. The number of benzene rings is 2. The molecule has 8 heteroatoms. The third-order valence-corrected chi connectivity index (χ3v) is 3.63. The molecule has 0 saturated heterocycles. The van der Waals surface area contributed by atoms with Crippen molar-refractivity contribution in [3.63, 3.8) is 0 Å². The molecule has 1 atom stereocenters. The van der Waals surface area contributed by atoms with E-state index < -0.39 is 16.9 Å². The Labute approximate surface area is 136 Å². The molecule has 1 amide bonds. The minimum absolute atomic E-state index is 0.0299. The van der Waals surface area contributed by atoms with Gasteiger partial charge in [-0.25, -0.2) is 0 Å². The number of aromatic amines is 1. The quantitative estimate of drug-likeness (QED) is 0.488. The minimum Gasteiger partial charge on any atom is -0.387 e. The average Bonchev–Trinajstić information content (AvgIpc) is 3.03. The van der Waals surface area contributed by atoms with Crippen LogP contribution in [0.3, 0.4) is 0 Å². The third-order valence-electron chi connectivity index (χ3n) is 3.63. The van der Waals surface area contributed by atoms with Gasteiger partial charge in [-0.2, -0.15) is 5.10 Å². The molecule has 0 spiro atoms. The number of aromatic nitrogens is 2. The van der Waals surface area contributed by atoms with E-state index in [2.05, 4.69) is 15.5 Å². The number of nitrogens with one attached hydrogen (secondary N) is 2. The SMILES string of the molecule is O=C(NC[C@H](O)c1ccc([N+](=O)[O-])cc1)c1n[nH]c2ccccc12. The number of nitro benzene ring substituents is 1. The highest BCUT2D eigenvalue weighted by molar-refractivity contribution is 6.04. The van der Waals surface area contributed by atoms with Crippen LogP contribution in [0.1, 0.15) is 22.2 Å². The summed E-state index contributed by atoms with van der Waals surface area (Å²) in [4.78, 5) is 22.3. The van der Waals surface area contributed by atoms with E-state index in [1.807, 2.05) is 12.1 Å². The second kappa shape index (κ2) is 6.47. The zero-order valence-electron chi connectivity index (χ0n) is 12.5. The highest BCUT2D eigenvalue weighted by Gasteiger charge is 2.16. The lowest BCUT2D eigenvalue weighted by Gasteiger charge is -2.11. The molecule has 3 N–H and O–H groups in total. The summed E-state index contributed by atoms with van der Waals surface area (Å²) in [5.41, 5.74) is 1.42. The predicted octanol–water partition coefficient (Wildman–Crippen LogP) is 1.93. The second-order valence-corrected chi connectivity index (χ2v) is 5.19. The average molecular weight is 326 g/mol. The molecule has 122 valence electrons. The number of para-hydroxylation sites is 1. The van der Waals surface area contributed by atoms with Crippen LogP contribution in [-0.4, -0.2) is 32.7 Å². The van der Waals surface area contributed by atoms with E-state index in [0.717, 1.165) is 5.52 Å². The molecule has 0 unspecified atom stereocenters. The van der Waals surface area contributed by atoms with Gasteiger partial charge < -0.3 is 10.4 Å². The van der Waals surface area contributed by atoms with E-state index >= 15 is 0 Å². The Morgan fingerprint density at radius 1 is 1.25 bits per heavy atom. The number of aliphatic hydroxyl groups excluding tert-OH is 1. The van der Waals surface area contributed by atoms with E-state index in [0.29, 0.717) is 10.9 Å². The zero-order valence-corrected chi connectivity index (χ0v) is 12.5. The number of amides is 1. The summed E-state index contributed by atoms with van der Waals surface area (Å²) in [5.74, 6) is -0.409. The molecule has 2 aromatic carbocycles. The van der Waals surface area contributed by atoms with Crippen LogP contribution in [-0.2, 0) is 0 Å². The van der Waals surface area contributed by atoms with Crippen molar-refractivity contribution in [1.29, 1.82) is 0 Å². The Hall–Kier alpha value is -3.26. The van der Waals surface area contributed by atoms with Crippen molar-refractivity contribution in [1.82, 2.24) is 15.5 Å². The van der Waals surface area contributed by atoms with Gasteiger partial charge in [0, 0.05) is 24.1 Å². The molecule has 3 aromatic rings. The number of H-pyrrole nitrogens is 1. The van der Waals surface area contributed by atoms with E-state index in [4.69, 9.17) is 0 Å². The first kappa shape index (κ1) is 15.6. The molecular weight excluding hydrogens is 312 g/mol. The molecule has 0 saturated carbocycles. The molecule has 24 heavy (non-hydrogen) atoms. The van der Waals surface area contributed by atoms with E-state index in [1.165, 1.54) is 24.3 Å². The van der Waals surface area contributed by atoms with Crippen LogP contribution in [0.4, 0.5) is 5.69 Å². The molecule has 0 radical (unpaired) electrons. The molecule has 3 rings (SSSR count). The highest BCUT2D eigenvalue weighted by atomic mass is 16.6.